The van der Waals surface area contributed by atoms with Gasteiger partial charge in [0.1, 0.15) is 10.7 Å². The van der Waals surface area contributed by atoms with Gasteiger partial charge in [-0.3, -0.25) is 4.40 Å². The Labute approximate surface area is 121 Å². The van der Waals surface area contributed by atoms with Crippen LogP contribution in [0.5, 0.6) is 5.88 Å². The summed E-state index contributed by atoms with van der Waals surface area (Å²) < 4.78 is 8.80. The summed E-state index contributed by atoms with van der Waals surface area (Å²) in [6, 6.07) is 0. The van der Waals surface area contributed by atoms with Crippen LogP contribution in [-0.4, -0.2) is 20.5 Å². The van der Waals surface area contributed by atoms with Gasteiger partial charge in [0, 0.05) is 18.6 Å². The first kappa shape index (κ1) is 12.9. The molecule has 2 aromatic rings. The summed E-state index contributed by atoms with van der Waals surface area (Å²) in [5.74, 6) is 2.13. The van der Waals surface area contributed by atoms with E-state index in [0.717, 1.165) is 29.0 Å². The van der Waals surface area contributed by atoms with E-state index in [1.807, 2.05) is 16.8 Å². The van der Waals surface area contributed by atoms with Crippen LogP contribution in [0.15, 0.2) is 23.2 Å². The number of ether oxygens (including phenoxy) is 1. The van der Waals surface area contributed by atoms with E-state index in [1.54, 1.807) is 6.20 Å². The highest BCUT2D eigenvalue weighted by Gasteiger charge is 2.26. The van der Waals surface area contributed by atoms with Gasteiger partial charge in [-0.1, -0.05) is 13.8 Å². The molecular formula is C14H18BrN3O. The molecule has 0 amide bonds. The van der Waals surface area contributed by atoms with Crippen molar-refractivity contribution < 1.29 is 4.74 Å². The van der Waals surface area contributed by atoms with E-state index in [2.05, 4.69) is 39.7 Å². The van der Waals surface area contributed by atoms with Crippen LogP contribution >= 0.6 is 15.9 Å². The number of halogens is 1. The number of rotatable bonds is 2. The zero-order chi connectivity index (χ0) is 13.4. The largest absolute Gasteiger partial charge is 0.472 e. The van der Waals surface area contributed by atoms with Gasteiger partial charge in [0.2, 0.25) is 5.65 Å². The predicted octanol–water partition coefficient (Wildman–Crippen LogP) is 3.70. The van der Waals surface area contributed by atoms with E-state index in [0.29, 0.717) is 11.8 Å². The fraction of sp³-hybridized carbons (Fsp3) is 0.571. The van der Waals surface area contributed by atoms with E-state index in [1.165, 1.54) is 6.42 Å². The third kappa shape index (κ3) is 2.61. The third-order valence-electron chi connectivity index (χ3n) is 4.14. The Morgan fingerprint density at radius 2 is 2.16 bits per heavy atom. The van der Waals surface area contributed by atoms with E-state index in [9.17, 15) is 0 Å². The highest BCUT2D eigenvalue weighted by Crippen LogP contribution is 2.32. The number of imidazole rings is 1. The first-order valence-corrected chi connectivity index (χ1v) is 7.58. The summed E-state index contributed by atoms with van der Waals surface area (Å²) in [4.78, 5) is 8.74. The fourth-order valence-electron chi connectivity index (χ4n) is 2.72. The molecule has 3 atom stereocenters. The fourth-order valence-corrected chi connectivity index (χ4v) is 3.10. The Morgan fingerprint density at radius 1 is 1.32 bits per heavy atom. The van der Waals surface area contributed by atoms with Crippen LogP contribution in [0.25, 0.3) is 5.65 Å². The monoisotopic (exact) mass is 323 g/mol. The van der Waals surface area contributed by atoms with Gasteiger partial charge >= 0.3 is 0 Å². The zero-order valence-electron chi connectivity index (χ0n) is 11.2. The van der Waals surface area contributed by atoms with Gasteiger partial charge in [0.25, 0.3) is 5.88 Å². The molecule has 19 heavy (non-hydrogen) atoms. The predicted molar refractivity (Wildman–Crippen MR) is 77.3 cm³/mol. The topological polar surface area (TPSA) is 39.4 Å². The van der Waals surface area contributed by atoms with Crippen molar-refractivity contribution in [1.82, 2.24) is 14.4 Å². The van der Waals surface area contributed by atoms with Gasteiger partial charge in [-0.15, -0.1) is 0 Å². The van der Waals surface area contributed by atoms with Crippen molar-refractivity contribution in [2.75, 3.05) is 0 Å². The van der Waals surface area contributed by atoms with Crippen LogP contribution in [0, 0.1) is 11.8 Å². The molecule has 1 saturated carbocycles. The molecule has 0 saturated heterocycles. The number of aromatic nitrogens is 3. The molecule has 0 aliphatic heterocycles. The van der Waals surface area contributed by atoms with E-state index in [4.69, 9.17) is 4.74 Å². The van der Waals surface area contributed by atoms with Gasteiger partial charge in [0.15, 0.2) is 0 Å². The molecule has 0 radical (unpaired) electrons. The van der Waals surface area contributed by atoms with Crippen molar-refractivity contribution in [2.24, 2.45) is 11.8 Å². The molecule has 5 heteroatoms. The molecule has 2 heterocycles. The first-order valence-electron chi connectivity index (χ1n) is 6.79. The first-order chi connectivity index (χ1) is 9.13. The molecule has 1 aliphatic rings. The molecule has 0 spiro atoms. The van der Waals surface area contributed by atoms with Gasteiger partial charge in [-0.05, 0) is 47.0 Å². The molecule has 1 aliphatic carbocycles. The molecule has 1 fully saturated rings. The summed E-state index contributed by atoms with van der Waals surface area (Å²) in [6.45, 7) is 4.63. The van der Waals surface area contributed by atoms with Gasteiger partial charge in [-0.2, -0.15) is 0 Å². The second-order valence-corrected chi connectivity index (χ2v) is 6.35. The maximum absolute atomic E-state index is 6.10. The molecule has 0 aromatic carbocycles. The quantitative estimate of drug-likeness (QED) is 0.846. The third-order valence-corrected chi connectivity index (χ3v) is 4.52. The average Bonchev–Trinajstić information content (AvgIpc) is 2.82. The molecule has 3 rings (SSSR count). The Balaban J connectivity index is 1.83. The molecule has 0 bridgehead atoms. The van der Waals surface area contributed by atoms with Crippen LogP contribution < -0.4 is 4.74 Å². The van der Waals surface area contributed by atoms with Crippen molar-refractivity contribution in [2.45, 2.75) is 39.2 Å². The van der Waals surface area contributed by atoms with Gasteiger partial charge in [-0.25, -0.2) is 9.97 Å². The van der Waals surface area contributed by atoms with Gasteiger partial charge in [0.05, 0.1) is 0 Å². The average molecular weight is 324 g/mol. The Bertz CT molecular complexity index is 583. The van der Waals surface area contributed by atoms with E-state index >= 15 is 0 Å². The van der Waals surface area contributed by atoms with Crippen molar-refractivity contribution in [3.63, 3.8) is 0 Å². The van der Waals surface area contributed by atoms with E-state index in [-0.39, 0.29) is 6.10 Å². The lowest BCUT2D eigenvalue weighted by atomic mass is 9.80. The minimum Gasteiger partial charge on any atom is -0.472 e. The Morgan fingerprint density at radius 3 is 2.95 bits per heavy atom. The molecule has 4 nitrogen and oxygen atoms in total. The van der Waals surface area contributed by atoms with Crippen molar-refractivity contribution in [1.29, 1.82) is 0 Å². The summed E-state index contributed by atoms with van der Waals surface area (Å²) in [5.41, 5.74) is 0.787. The second-order valence-electron chi connectivity index (χ2n) is 5.53. The van der Waals surface area contributed by atoms with Crippen molar-refractivity contribution >= 4 is 21.6 Å². The Hall–Kier alpha value is -1.10. The molecule has 0 N–H and O–H groups in total. The molecule has 102 valence electrons. The minimum atomic E-state index is 0.258. The number of hydrogen-bond donors (Lipinski definition) is 0. The van der Waals surface area contributed by atoms with E-state index < -0.39 is 0 Å². The number of fused-ring (bicyclic) bond motifs is 1. The standard InChI is InChI=1S/C14H18BrN3O/c1-9-3-4-11(7-10(9)2)19-14-13-16-5-6-18(13)8-12(15)17-14/h5-6,8-11H,3-4,7H2,1-2H3. The van der Waals surface area contributed by atoms with Crippen LogP contribution in [0.3, 0.4) is 0 Å². The lowest BCUT2D eigenvalue weighted by molar-refractivity contribution is 0.0972. The summed E-state index contributed by atoms with van der Waals surface area (Å²) in [5, 5.41) is 0. The second kappa shape index (κ2) is 5.12. The maximum atomic E-state index is 6.10. The molecule has 2 aromatic heterocycles. The zero-order valence-corrected chi connectivity index (χ0v) is 12.8. The SMILES string of the molecule is CC1CCC(Oc2nc(Br)cn3ccnc23)CC1C. The van der Waals surface area contributed by atoms with Gasteiger partial charge < -0.3 is 4.74 Å². The van der Waals surface area contributed by atoms with Crippen molar-refractivity contribution in [3.05, 3.63) is 23.2 Å². The number of hydrogen-bond acceptors (Lipinski definition) is 3. The van der Waals surface area contributed by atoms with Crippen LogP contribution in [-0.2, 0) is 0 Å². The lowest BCUT2D eigenvalue weighted by Crippen LogP contribution is -2.29. The summed E-state index contributed by atoms with van der Waals surface area (Å²) in [7, 11) is 0. The minimum absolute atomic E-state index is 0.258. The normalized spacial score (nSPS) is 27.6. The molecule has 3 unspecified atom stereocenters. The van der Waals surface area contributed by atoms with Crippen LogP contribution in [0.1, 0.15) is 33.1 Å². The summed E-state index contributed by atoms with van der Waals surface area (Å²) >= 11 is 3.41. The summed E-state index contributed by atoms with van der Waals surface area (Å²) in [6.07, 6.45) is 9.25. The number of nitrogens with zero attached hydrogens (tertiary/aromatic N) is 3. The highest BCUT2D eigenvalue weighted by atomic mass is 79.9. The van der Waals surface area contributed by atoms with Crippen LogP contribution in [0.2, 0.25) is 0 Å². The lowest BCUT2D eigenvalue weighted by Gasteiger charge is -2.31. The molecular weight excluding hydrogens is 306 g/mol. The van der Waals surface area contributed by atoms with Crippen molar-refractivity contribution in [3.8, 4) is 5.88 Å². The smallest absolute Gasteiger partial charge is 0.259 e. The maximum Gasteiger partial charge on any atom is 0.259 e. The highest BCUT2D eigenvalue weighted by molar-refractivity contribution is 9.10. The Kier molecular flexibility index (Phi) is 3.48. The van der Waals surface area contributed by atoms with Crippen LogP contribution in [0.4, 0.5) is 0 Å².